The Morgan fingerprint density at radius 3 is 2.12 bits per heavy atom. The van der Waals surface area contributed by atoms with Gasteiger partial charge in [0.05, 0.1) is 5.56 Å². The van der Waals surface area contributed by atoms with Gasteiger partial charge < -0.3 is 15.2 Å². The second-order valence-corrected chi connectivity index (χ2v) is 6.24. The molecule has 25 heavy (non-hydrogen) atoms. The number of carbonyl (C=O) groups excluding carboxylic acids is 2. The molecular weight excluding hydrogens is 343 g/mol. The lowest BCUT2D eigenvalue weighted by atomic mass is 10.0. The molecule has 138 valence electrons. The van der Waals surface area contributed by atoms with Gasteiger partial charge in [0, 0.05) is 18.6 Å². The van der Waals surface area contributed by atoms with Crippen molar-refractivity contribution >= 4 is 17.8 Å². The number of ketones is 1. The summed E-state index contributed by atoms with van der Waals surface area (Å²) < 4.78 is 44.8. The maximum Gasteiger partial charge on any atom is 0.408 e. The fourth-order valence-corrected chi connectivity index (χ4v) is 1.92. The van der Waals surface area contributed by atoms with Gasteiger partial charge in [-0.25, -0.2) is 22.8 Å². The SMILES string of the molecule is CC(C)(C)OC(=O)NC(CCC(=O)c1c(F)cc(F)cc1F)C(=O)O. The minimum Gasteiger partial charge on any atom is -0.480 e. The molecule has 0 bridgehead atoms. The summed E-state index contributed by atoms with van der Waals surface area (Å²) in [6.07, 6.45) is -2.01. The van der Waals surface area contributed by atoms with E-state index in [1.165, 1.54) is 0 Å². The smallest absolute Gasteiger partial charge is 0.408 e. The molecule has 1 atom stereocenters. The van der Waals surface area contributed by atoms with Crippen LogP contribution in [0.3, 0.4) is 0 Å². The van der Waals surface area contributed by atoms with E-state index >= 15 is 0 Å². The lowest BCUT2D eigenvalue weighted by Gasteiger charge is -2.21. The molecule has 6 nitrogen and oxygen atoms in total. The van der Waals surface area contributed by atoms with E-state index in [4.69, 9.17) is 9.84 Å². The average molecular weight is 361 g/mol. The number of hydrogen-bond donors (Lipinski definition) is 2. The highest BCUT2D eigenvalue weighted by Gasteiger charge is 2.26. The van der Waals surface area contributed by atoms with Crippen LogP contribution in [0.4, 0.5) is 18.0 Å². The lowest BCUT2D eigenvalue weighted by molar-refractivity contribution is -0.139. The molecule has 0 aromatic heterocycles. The van der Waals surface area contributed by atoms with E-state index in [2.05, 4.69) is 5.32 Å². The molecule has 1 rings (SSSR count). The van der Waals surface area contributed by atoms with Crippen LogP contribution in [0, 0.1) is 17.5 Å². The molecule has 0 saturated heterocycles. The first-order chi connectivity index (χ1) is 11.4. The first-order valence-corrected chi connectivity index (χ1v) is 7.31. The van der Waals surface area contributed by atoms with Crippen molar-refractivity contribution in [2.75, 3.05) is 0 Å². The monoisotopic (exact) mass is 361 g/mol. The standard InChI is InChI=1S/C16H18F3NO5/c1-16(2,3)25-15(24)20-11(14(22)23)4-5-12(21)13-9(18)6-8(17)7-10(13)19/h6-7,11H,4-5H2,1-3H3,(H,20,24)(H,22,23). The van der Waals surface area contributed by atoms with E-state index in [1.54, 1.807) is 20.8 Å². The lowest BCUT2D eigenvalue weighted by Crippen LogP contribution is -2.43. The van der Waals surface area contributed by atoms with Crippen molar-refractivity contribution < 1.29 is 37.4 Å². The largest absolute Gasteiger partial charge is 0.480 e. The van der Waals surface area contributed by atoms with E-state index in [-0.39, 0.29) is 0 Å². The maximum atomic E-state index is 13.5. The van der Waals surface area contributed by atoms with Gasteiger partial charge in [0.25, 0.3) is 0 Å². The van der Waals surface area contributed by atoms with Crippen molar-refractivity contribution in [3.63, 3.8) is 0 Å². The predicted octanol–water partition coefficient (Wildman–Crippen LogP) is 3.04. The zero-order valence-electron chi connectivity index (χ0n) is 13.9. The van der Waals surface area contributed by atoms with Crippen molar-refractivity contribution in [1.82, 2.24) is 5.32 Å². The highest BCUT2D eigenvalue weighted by molar-refractivity contribution is 5.97. The summed E-state index contributed by atoms with van der Waals surface area (Å²) in [6, 6.07) is -0.793. The van der Waals surface area contributed by atoms with Crippen molar-refractivity contribution in [2.45, 2.75) is 45.3 Å². The highest BCUT2D eigenvalue weighted by Crippen LogP contribution is 2.18. The fourth-order valence-electron chi connectivity index (χ4n) is 1.92. The summed E-state index contributed by atoms with van der Waals surface area (Å²) >= 11 is 0. The molecule has 0 aliphatic rings. The molecule has 0 saturated carbocycles. The summed E-state index contributed by atoms with van der Waals surface area (Å²) in [5.41, 5.74) is -1.81. The van der Waals surface area contributed by atoms with Crippen LogP contribution in [0.25, 0.3) is 0 Å². The fraction of sp³-hybridized carbons (Fsp3) is 0.438. The van der Waals surface area contributed by atoms with Crippen LogP contribution in [0.5, 0.6) is 0 Å². The number of hydrogen-bond acceptors (Lipinski definition) is 4. The number of Topliss-reactive ketones (excluding diaryl/α,β-unsaturated/α-hetero) is 1. The summed E-state index contributed by atoms with van der Waals surface area (Å²) in [7, 11) is 0. The number of halogens is 3. The minimum absolute atomic E-state index is 0.351. The van der Waals surface area contributed by atoms with Crippen LogP contribution in [0.2, 0.25) is 0 Å². The number of alkyl carbamates (subject to hydrolysis) is 1. The van der Waals surface area contributed by atoms with Crippen LogP contribution in [-0.4, -0.2) is 34.6 Å². The summed E-state index contributed by atoms with van der Waals surface area (Å²) in [6.45, 7) is 4.73. The Labute approximate surface area is 142 Å². The second kappa shape index (κ2) is 8.00. The van der Waals surface area contributed by atoms with E-state index in [0.29, 0.717) is 12.1 Å². The number of aliphatic carboxylic acids is 1. The molecule has 0 aliphatic carbocycles. The van der Waals surface area contributed by atoms with Crippen LogP contribution >= 0.6 is 0 Å². The molecule has 0 heterocycles. The van der Waals surface area contributed by atoms with Gasteiger partial charge >= 0.3 is 12.1 Å². The molecule has 9 heteroatoms. The number of carbonyl (C=O) groups is 3. The average Bonchev–Trinajstić information content (AvgIpc) is 2.39. The zero-order valence-corrected chi connectivity index (χ0v) is 13.9. The number of nitrogens with one attached hydrogen (secondary N) is 1. The molecule has 1 aromatic carbocycles. The third kappa shape index (κ3) is 6.44. The number of ether oxygens (including phenoxy) is 1. The molecule has 1 amide bonds. The van der Waals surface area contributed by atoms with Gasteiger partial charge in [-0.1, -0.05) is 0 Å². The third-order valence-corrected chi connectivity index (χ3v) is 2.93. The van der Waals surface area contributed by atoms with Gasteiger partial charge in [0.15, 0.2) is 5.78 Å². The topological polar surface area (TPSA) is 92.7 Å². The normalized spacial score (nSPS) is 12.4. The van der Waals surface area contributed by atoms with Gasteiger partial charge in [-0.2, -0.15) is 0 Å². The van der Waals surface area contributed by atoms with Crippen LogP contribution in [0.1, 0.15) is 44.0 Å². The predicted molar refractivity (Wildman–Crippen MR) is 80.7 cm³/mol. The Hall–Kier alpha value is -2.58. The van der Waals surface area contributed by atoms with E-state index < -0.39 is 65.3 Å². The Morgan fingerprint density at radius 1 is 1.16 bits per heavy atom. The summed E-state index contributed by atoms with van der Waals surface area (Å²) in [5.74, 6) is -6.43. The summed E-state index contributed by atoms with van der Waals surface area (Å²) in [4.78, 5) is 34.6. The third-order valence-electron chi connectivity index (χ3n) is 2.93. The molecular formula is C16H18F3NO5. The maximum absolute atomic E-state index is 13.5. The van der Waals surface area contributed by atoms with E-state index in [0.717, 1.165) is 0 Å². The zero-order chi connectivity index (χ0) is 19.4. The van der Waals surface area contributed by atoms with Crippen LogP contribution in [0.15, 0.2) is 12.1 Å². The molecule has 0 spiro atoms. The molecule has 0 fully saturated rings. The molecule has 0 aliphatic heterocycles. The van der Waals surface area contributed by atoms with Gasteiger partial charge in [0.1, 0.15) is 29.1 Å². The van der Waals surface area contributed by atoms with Gasteiger partial charge in [-0.05, 0) is 27.2 Å². The Bertz CT molecular complexity index is 662. The second-order valence-electron chi connectivity index (χ2n) is 6.24. The first-order valence-electron chi connectivity index (χ1n) is 7.31. The van der Waals surface area contributed by atoms with Crippen LogP contribution < -0.4 is 5.32 Å². The summed E-state index contributed by atoms with van der Waals surface area (Å²) in [5, 5.41) is 11.1. The number of amides is 1. The van der Waals surface area contributed by atoms with Crippen molar-refractivity contribution in [3.8, 4) is 0 Å². The van der Waals surface area contributed by atoms with E-state index in [9.17, 15) is 27.6 Å². The van der Waals surface area contributed by atoms with Crippen molar-refractivity contribution in [2.24, 2.45) is 0 Å². The first kappa shape index (κ1) is 20.5. The molecule has 1 aromatic rings. The Morgan fingerprint density at radius 2 is 1.68 bits per heavy atom. The number of rotatable bonds is 6. The minimum atomic E-state index is -1.50. The van der Waals surface area contributed by atoms with Gasteiger partial charge in [-0.15, -0.1) is 0 Å². The number of carboxylic acids is 1. The van der Waals surface area contributed by atoms with Gasteiger partial charge in [-0.3, -0.25) is 4.79 Å². The highest BCUT2D eigenvalue weighted by atomic mass is 19.1. The van der Waals surface area contributed by atoms with E-state index in [1.807, 2.05) is 0 Å². The number of benzene rings is 1. The molecule has 0 radical (unpaired) electrons. The Kier molecular flexibility index (Phi) is 6.55. The van der Waals surface area contributed by atoms with Gasteiger partial charge in [0.2, 0.25) is 0 Å². The quantitative estimate of drug-likeness (QED) is 0.760. The molecule has 2 N–H and O–H groups in total. The van der Waals surface area contributed by atoms with Crippen LogP contribution in [-0.2, 0) is 9.53 Å². The molecule has 1 unspecified atom stereocenters. The number of carboxylic acid groups (broad SMARTS) is 1. The van der Waals surface area contributed by atoms with Crippen molar-refractivity contribution in [3.05, 3.63) is 35.1 Å². The Balaban J connectivity index is 2.77. The van der Waals surface area contributed by atoms with Crippen molar-refractivity contribution in [1.29, 1.82) is 0 Å².